The maximum absolute atomic E-state index is 13.2. The van der Waals surface area contributed by atoms with E-state index >= 15 is 0 Å². The SMILES string of the molecule is C=C[C@@]1(C)CCC2[C@]3(C)[C@@H](O)CCC(C)(CO)[C@@H]3C(=O)C[C@]2(C)O1. The van der Waals surface area contributed by atoms with Crippen LogP contribution in [0.2, 0.25) is 0 Å². The molecule has 1 heterocycles. The highest BCUT2D eigenvalue weighted by atomic mass is 16.5. The van der Waals surface area contributed by atoms with Crippen molar-refractivity contribution in [3.63, 3.8) is 0 Å². The van der Waals surface area contributed by atoms with E-state index in [0.29, 0.717) is 19.3 Å². The van der Waals surface area contributed by atoms with Crippen molar-refractivity contribution < 1.29 is 19.7 Å². The van der Waals surface area contributed by atoms with E-state index in [2.05, 4.69) is 13.5 Å². The number of ether oxygens (including phenoxy) is 1. The van der Waals surface area contributed by atoms with E-state index in [1.807, 2.05) is 26.8 Å². The fourth-order valence-electron chi connectivity index (χ4n) is 6.32. The summed E-state index contributed by atoms with van der Waals surface area (Å²) in [5, 5.41) is 21.0. The lowest BCUT2D eigenvalue weighted by Crippen LogP contribution is -2.69. The van der Waals surface area contributed by atoms with Crippen LogP contribution < -0.4 is 0 Å². The molecule has 4 nitrogen and oxygen atoms in total. The zero-order valence-corrected chi connectivity index (χ0v) is 15.5. The van der Waals surface area contributed by atoms with Gasteiger partial charge in [-0.1, -0.05) is 19.9 Å². The Hall–Kier alpha value is -0.710. The van der Waals surface area contributed by atoms with Gasteiger partial charge in [0.1, 0.15) is 5.78 Å². The smallest absolute Gasteiger partial charge is 0.140 e. The van der Waals surface area contributed by atoms with Crippen molar-refractivity contribution in [2.75, 3.05) is 6.61 Å². The van der Waals surface area contributed by atoms with Crippen LogP contribution in [0.25, 0.3) is 0 Å². The quantitative estimate of drug-likeness (QED) is 0.761. The Balaban J connectivity index is 2.08. The first-order chi connectivity index (χ1) is 11.0. The molecule has 2 aliphatic carbocycles. The highest BCUT2D eigenvalue weighted by molar-refractivity contribution is 5.85. The van der Waals surface area contributed by atoms with Crippen molar-refractivity contribution in [1.82, 2.24) is 0 Å². The van der Waals surface area contributed by atoms with Crippen molar-refractivity contribution in [3.8, 4) is 0 Å². The molecule has 0 spiro atoms. The normalized spacial score (nSPS) is 54.8. The summed E-state index contributed by atoms with van der Waals surface area (Å²) in [7, 11) is 0. The maximum atomic E-state index is 13.2. The third-order valence-electron chi connectivity index (χ3n) is 7.55. The number of rotatable bonds is 2. The van der Waals surface area contributed by atoms with Crippen molar-refractivity contribution in [1.29, 1.82) is 0 Å². The third kappa shape index (κ3) is 2.26. The number of fused-ring (bicyclic) bond motifs is 3. The molecule has 0 aromatic rings. The summed E-state index contributed by atoms with van der Waals surface area (Å²) in [5.74, 6) is -0.0877. The Morgan fingerprint density at radius 3 is 2.50 bits per heavy atom. The average molecular weight is 336 g/mol. The molecule has 3 aliphatic rings. The monoisotopic (exact) mass is 336 g/mol. The van der Waals surface area contributed by atoms with Gasteiger partial charge in [-0.15, -0.1) is 6.58 Å². The van der Waals surface area contributed by atoms with Crippen LogP contribution in [0.1, 0.15) is 59.8 Å². The van der Waals surface area contributed by atoms with E-state index in [0.717, 1.165) is 12.8 Å². The maximum Gasteiger partial charge on any atom is 0.140 e. The predicted molar refractivity (Wildman–Crippen MR) is 92.5 cm³/mol. The number of ketones is 1. The largest absolute Gasteiger partial charge is 0.396 e. The van der Waals surface area contributed by atoms with Crippen molar-refractivity contribution >= 4 is 5.78 Å². The number of carbonyl (C=O) groups is 1. The lowest BCUT2D eigenvalue weighted by atomic mass is 9.43. The van der Waals surface area contributed by atoms with Gasteiger partial charge in [0.15, 0.2) is 0 Å². The van der Waals surface area contributed by atoms with Crippen LogP contribution in [0.3, 0.4) is 0 Å². The van der Waals surface area contributed by atoms with E-state index < -0.39 is 28.1 Å². The van der Waals surface area contributed by atoms with Gasteiger partial charge in [-0.05, 0) is 45.4 Å². The highest BCUT2D eigenvalue weighted by Gasteiger charge is 2.67. The molecular weight excluding hydrogens is 304 g/mol. The summed E-state index contributed by atoms with van der Waals surface area (Å²) in [5.41, 5.74) is -2.01. The van der Waals surface area contributed by atoms with E-state index in [4.69, 9.17) is 4.74 Å². The van der Waals surface area contributed by atoms with Gasteiger partial charge in [-0.2, -0.15) is 0 Å². The third-order valence-corrected chi connectivity index (χ3v) is 7.55. The Bertz CT molecular complexity index is 560. The van der Waals surface area contributed by atoms with Gasteiger partial charge in [0, 0.05) is 29.8 Å². The van der Waals surface area contributed by atoms with Gasteiger partial charge in [0.25, 0.3) is 0 Å². The predicted octanol–water partition coefficient (Wildman–Crippen LogP) is 2.87. The molecule has 4 heteroatoms. The van der Waals surface area contributed by atoms with Crippen LogP contribution in [0.4, 0.5) is 0 Å². The van der Waals surface area contributed by atoms with Gasteiger partial charge >= 0.3 is 0 Å². The summed E-state index contributed by atoms with van der Waals surface area (Å²) >= 11 is 0. The Labute approximate surface area is 145 Å². The minimum Gasteiger partial charge on any atom is -0.396 e. The minimum atomic E-state index is -0.585. The standard InChI is InChI=1S/C20H32O4/c1-6-18(3)10-7-14-19(4,24-18)11-13(22)16-17(2,12-21)9-8-15(23)20(14,16)5/h6,14-16,21,23H,1,7-12H2,2-5H3/t14?,15-,16-,17?,18-,19-,20+/m0/s1. The fraction of sp³-hybridized carbons (Fsp3) is 0.850. The molecule has 136 valence electrons. The van der Waals surface area contributed by atoms with Crippen LogP contribution in [-0.2, 0) is 9.53 Å². The second-order valence-corrected chi connectivity index (χ2v) is 9.33. The number of aliphatic hydroxyl groups is 2. The molecule has 0 aromatic heterocycles. The van der Waals surface area contributed by atoms with Gasteiger partial charge in [0.05, 0.1) is 17.3 Å². The van der Waals surface area contributed by atoms with Crippen molar-refractivity contribution in [2.24, 2.45) is 22.7 Å². The first-order valence-electron chi connectivity index (χ1n) is 9.20. The lowest BCUT2D eigenvalue weighted by molar-refractivity contribution is -0.265. The van der Waals surface area contributed by atoms with E-state index in [1.165, 1.54) is 0 Å². The Kier molecular flexibility index (Phi) is 4.06. The molecule has 3 fully saturated rings. The molecule has 3 rings (SSSR count). The summed E-state index contributed by atoms with van der Waals surface area (Å²) < 4.78 is 6.44. The van der Waals surface area contributed by atoms with Gasteiger partial charge in [0.2, 0.25) is 0 Å². The summed E-state index contributed by atoms with van der Waals surface area (Å²) in [6.45, 7) is 12.0. The molecule has 0 aromatic carbocycles. The minimum absolute atomic E-state index is 0.0135. The zero-order chi connectivity index (χ0) is 18.0. The number of Topliss-reactive ketones (excluding diaryl/α,β-unsaturated/α-hetero) is 1. The second kappa shape index (κ2) is 5.39. The van der Waals surface area contributed by atoms with E-state index in [-0.39, 0.29) is 24.2 Å². The first-order valence-corrected chi connectivity index (χ1v) is 9.20. The number of hydrogen-bond acceptors (Lipinski definition) is 4. The molecule has 2 unspecified atom stereocenters. The topological polar surface area (TPSA) is 66.8 Å². The lowest BCUT2D eigenvalue weighted by Gasteiger charge is -2.65. The molecular formula is C20H32O4. The summed E-state index contributed by atoms with van der Waals surface area (Å²) in [4.78, 5) is 13.2. The van der Waals surface area contributed by atoms with Gasteiger partial charge in [-0.3, -0.25) is 4.79 Å². The second-order valence-electron chi connectivity index (χ2n) is 9.33. The molecule has 2 N–H and O–H groups in total. The molecule has 0 amide bonds. The van der Waals surface area contributed by atoms with Gasteiger partial charge < -0.3 is 14.9 Å². The van der Waals surface area contributed by atoms with E-state index in [1.54, 1.807) is 0 Å². The summed E-state index contributed by atoms with van der Waals surface area (Å²) in [6.07, 6.45) is 4.71. The number of aliphatic hydroxyl groups excluding tert-OH is 2. The van der Waals surface area contributed by atoms with Crippen LogP contribution in [0, 0.1) is 22.7 Å². The summed E-state index contributed by atoms with van der Waals surface area (Å²) in [6, 6.07) is 0. The first kappa shape index (κ1) is 18.1. The molecule has 0 bridgehead atoms. The van der Waals surface area contributed by atoms with Crippen LogP contribution in [0.5, 0.6) is 0 Å². The van der Waals surface area contributed by atoms with Crippen LogP contribution >= 0.6 is 0 Å². The molecule has 0 radical (unpaired) electrons. The van der Waals surface area contributed by atoms with Crippen LogP contribution in [0.15, 0.2) is 12.7 Å². The van der Waals surface area contributed by atoms with Crippen LogP contribution in [-0.4, -0.2) is 39.9 Å². The highest BCUT2D eigenvalue weighted by Crippen LogP contribution is 2.64. The average Bonchev–Trinajstić information content (AvgIpc) is 2.50. The molecule has 1 aliphatic heterocycles. The fourth-order valence-corrected chi connectivity index (χ4v) is 6.32. The molecule has 24 heavy (non-hydrogen) atoms. The van der Waals surface area contributed by atoms with Crippen molar-refractivity contribution in [2.45, 2.75) is 77.1 Å². The van der Waals surface area contributed by atoms with Crippen molar-refractivity contribution in [3.05, 3.63) is 12.7 Å². The molecule has 1 saturated heterocycles. The van der Waals surface area contributed by atoms with E-state index in [9.17, 15) is 15.0 Å². The molecule has 7 atom stereocenters. The molecule has 2 saturated carbocycles. The number of carbonyl (C=O) groups excluding carboxylic acids is 1. The Morgan fingerprint density at radius 2 is 1.92 bits per heavy atom. The Morgan fingerprint density at radius 1 is 1.25 bits per heavy atom. The number of hydrogen-bond donors (Lipinski definition) is 2. The zero-order valence-electron chi connectivity index (χ0n) is 15.5. The van der Waals surface area contributed by atoms with Gasteiger partial charge in [-0.25, -0.2) is 0 Å².